The Balaban J connectivity index is 2.35. The van der Waals surface area contributed by atoms with Gasteiger partial charge in [-0.05, 0) is 18.2 Å². The Bertz CT molecular complexity index is 461. The van der Waals surface area contributed by atoms with Gasteiger partial charge in [-0.2, -0.15) is 5.10 Å². The summed E-state index contributed by atoms with van der Waals surface area (Å²) in [5.74, 6) is 0.547. The van der Waals surface area contributed by atoms with Crippen LogP contribution in [0, 0.1) is 5.82 Å². The highest BCUT2D eigenvalue weighted by Gasteiger charge is 2.16. The summed E-state index contributed by atoms with van der Waals surface area (Å²) in [6.07, 6.45) is 0.682. The molecule has 1 aromatic carbocycles. The molecule has 0 bridgehead atoms. The summed E-state index contributed by atoms with van der Waals surface area (Å²) in [6, 6.07) is 3.83. The molecule has 2 amide bonds. The van der Waals surface area contributed by atoms with E-state index in [2.05, 4.69) is 10.5 Å². The third-order valence-electron chi connectivity index (χ3n) is 2.15. The predicted molar refractivity (Wildman–Crippen MR) is 61.0 cm³/mol. The van der Waals surface area contributed by atoms with Crippen molar-refractivity contribution < 1.29 is 9.18 Å². The molecule has 0 spiro atoms. The minimum absolute atomic E-state index is 0.312. The molecule has 1 aliphatic heterocycles. The van der Waals surface area contributed by atoms with Crippen LogP contribution in [0.15, 0.2) is 28.2 Å². The first-order valence-electron chi connectivity index (χ1n) is 4.71. The molecule has 84 valence electrons. The molecule has 2 rings (SSSR count). The fourth-order valence-corrected chi connectivity index (χ4v) is 2.50. The number of rotatable bonds is 1. The van der Waals surface area contributed by atoms with Crippen molar-refractivity contribution in [3.8, 4) is 0 Å². The van der Waals surface area contributed by atoms with E-state index in [0.29, 0.717) is 12.1 Å². The van der Waals surface area contributed by atoms with Crippen molar-refractivity contribution in [1.29, 1.82) is 0 Å². The smallest absolute Gasteiger partial charge is 0.332 e. The number of benzene rings is 1. The zero-order valence-electron chi connectivity index (χ0n) is 8.37. The summed E-state index contributed by atoms with van der Waals surface area (Å²) in [6.45, 7) is 0. The number of hydrazone groups is 1. The first kappa shape index (κ1) is 10.9. The van der Waals surface area contributed by atoms with Gasteiger partial charge >= 0.3 is 6.03 Å². The average molecular weight is 239 g/mol. The van der Waals surface area contributed by atoms with E-state index in [9.17, 15) is 9.18 Å². The van der Waals surface area contributed by atoms with Gasteiger partial charge in [-0.15, -0.1) is 11.8 Å². The van der Waals surface area contributed by atoms with E-state index in [1.807, 2.05) is 0 Å². The van der Waals surface area contributed by atoms with E-state index in [1.165, 1.54) is 12.1 Å². The predicted octanol–water partition coefficient (Wildman–Crippen LogP) is 1.69. The third kappa shape index (κ3) is 2.33. The fraction of sp³-hybridized carbons (Fsp3) is 0.200. The summed E-state index contributed by atoms with van der Waals surface area (Å²) in [7, 11) is 0. The first-order valence-corrected chi connectivity index (χ1v) is 5.70. The summed E-state index contributed by atoms with van der Waals surface area (Å²) < 4.78 is 13.1. The molecule has 0 saturated heterocycles. The number of hydrogen-bond donors (Lipinski definition) is 2. The Morgan fingerprint density at radius 2 is 2.38 bits per heavy atom. The highest BCUT2D eigenvalue weighted by molar-refractivity contribution is 7.99. The molecule has 0 radical (unpaired) electrons. The molecule has 3 N–H and O–H groups in total. The standard InChI is InChI=1S/C10H10FN3OS/c11-6-1-2-9-7(5-6)8(3-4-16-9)13-14-10(12)15/h1-2,5H,3-4H2,(H3,12,14,15)/b13-8-. The Kier molecular flexibility index (Phi) is 3.09. The van der Waals surface area contributed by atoms with Crippen molar-refractivity contribution in [3.05, 3.63) is 29.6 Å². The lowest BCUT2D eigenvalue weighted by atomic mass is 10.1. The van der Waals surface area contributed by atoms with Gasteiger partial charge in [0.2, 0.25) is 0 Å². The van der Waals surface area contributed by atoms with Crippen LogP contribution in [-0.2, 0) is 0 Å². The molecule has 4 nitrogen and oxygen atoms in total. The van der Waals surface area contributed by atoms with E-state index in [4.69, 9.17) is 5.73 Å². The summed E-state index contributed by atoms with van der Waals surface area (Å²) in [5.41, 5.74) is 8.48. The van der Waals surface area contributed by atoms with Gasteiger partial charge in [0.05, 0.1) is 5.71 Å². The van der Waals surface area contributed by atoms with Gasteiger partial charge in [-0.25, -0.2) is 14.6 Å². The van der Waals surface area contributed by atoms with Crippen LogP contribution >= 0.6 is 11.8 Å². The maximum atomic E-state index is 13.1. The molecule has 6 heteroatoms. The zero-order chi connectivity index (χ0) is 11.5. The Morgan fingerprint density at radius 1 is 1.56 bits per heavy atom. The maximum absolute atomic E-state index is 13.1. The van der Waals surface area contributed by atoms with Crippen LogP contribution in [0.1, 0.15) is 12.0 Å². The van der Waals surface area contributed by atoms with E-state index in [-0.39, 0.29) is 5.82 Å². The lowest BCUT2D eigenvalue weighted by molar-refractivity contribution is 0.249. The number of halogens is 1. The Labute approximate surface area is 96.1 Å². The summed E-state index contributed by atoms with van der Waals surface area (Å²) in [5, 5.41) is 3.88. The minimum atomic E-state index is -0.719. The Morgan fingerprint density at radius 3 is 3.12 bits per heavy atom. The zero-order valence-corrected chi connectivity index (χ0v) is 9.18. The maximum Gasteiger partial charge on any atom is 0.332 e. The average Bonchev–Trinajstić information content (AvgIpc) is 2.26. The number of urea groups is 1. The van der Waals surface area contributed by atoms with Gasteiger partial charge in [0, 0.05) is 22.6 Å². The lowest BCUT2D eigenvalue weighted by Crippen LogP contribution is -2.26. The second-order valence-electron chi connectivity index (χ2n) is 3.27. The second-order valence-corrected chi connectivity index (χ2v) is 4.41. The monoisotopic (exact) mass is 239 g/mol. The van der Waals surface area contributed by atoms with E-state index in [1.54, 1.807) is 17.8 Å². The van der Waals surface area contributed by atoms with Crippen LogP contribution in [0.25, 0.3) is 0 Å². The highest BCUT2D eigenvalue weighted by Crippen LogP contribution is 2.30. The molecular formula is C10H10FN3OS. The van der Waals surface area contributed by atoms with Crippen molar-refractivity contribution in [3.63, 3.8) is 0 Å². The third-order valence-corrected chi connectivity index (χ3v) is 3.23. The topological polar surface area (TPSA) is 67.5 Å². The number of thioether (sulfide) groups is 1. The SMILES string of the molecule is NC(=O)N/N=C1/CCSc2ccc(F)cc21. The van der Waals surface area contributed by atoms with Gasteiger partial charge in [-0.1, -0.05) is 0 Å². The molecule has 1 aliphatic rings. The number of primary amides is 1. The van der Waals surface area contributed by atoms with Crippen molar-refractivity contribution in [1.82, 2.24) is 5.43 Å². The van der Waals surface area contributed by atoms with E-state index < -0.39 is 6.03 Å². The van der Waals surface area contributed by atoms with Crippen molar-refractivity contribution in [2.45, 2.75) is 11.3 Å². The number of fused-ring (bicyclic) bond motifs is 1. The number of nitrogens with one attached hydrogen (secondary N) is 1. The normalized spacial score (nSPS) is 16.9. The van der Waals surface area contributed by atoms with Crippen molar-refractivity contribution in [2.24, 2.45) is 10.8 Å². The molecule has 16 heavy (non-hydrogen) atoms. The van der Waals surface area contributed by atoms with Gasteiger partial charge in [0.25, 0.3) is 0 Å². The number of hydrogen-bond acceptors (Lipinski definition) is 3. The molecule has 0 saturated carbocycles. The summed E-state index contributed by atoms with van der Waals surface area (Å²) >= 11 is 1.64. The molecule has 0 unspecified atom stereocenters. The van der Waals surface area contributed by atoms with Crippen molar-refractivity contribution >= 4 is 23.5 Å². The fourth-order valence-electron chi connectivity index (χ4n) is 1.48. The van der Waals surface area contributed by atoms with Gasteiger partial charge in [0.15, 0.2) is 0 Å². The number of carbonyl (C=O) groups excluding carboxylic acids is 1. The number of carbonyl (C=O) groups is 1. The van der Waals surface area contributed by atoms with E-state index >= 15 is 0 Å². The quantitative estimate of drug-likeness (QED) is 0.732. The molecule has 0 atom stereocenters. The van der Waals surface area contributed by atoms with Crippen LogP contribution in [0.5, 0.6) is 0 Å². The molecule has 1 heterocycles. The molecule has 1 aromatic rings. The van der Waals surface area contributed by atoms with Gasteiger partial charge in [-0.3, -0.25) is 0 Å². The van der Waals surface area contributed by atoms with Gasteiger partial charge in [0.1, 0.15) is 5.82 Å². The summed E-state index contributed by atoms with van der Waals surface area (Å²) in [4.78, 5) is 11.5. The van der Waals surface area contributed by atoms with Crippen LogP contribution in [0.3, 0.4) is 0 Å². The van der Waals surface area contributed by atoms with Crippen LogP contribution in [-0.4, -0.2) is 17.5 Å². The number of nitrogens with zero attached hydrogens (tertiary/aromatic N) is 1. The lowest BCUT2D eigenvalue weighted by Gasteiger charge is -2.16. The van der Waals surface area contributed by atoms with Gasteiger partial charge < -0.3 is 5.73 Å². The highest BCUT2D eigenvalue weighted by atomic mass is 32.2. The van der Waals surface area contributed by atoms with Crippen LogP contribution < -0.4 is 11.2 Å². The van der Waals surface area contributed by atoms with E-state index in [0.717, 1.165) is 16.2 Å². The minimum Gasteiger partial charge on any atom is -0.350 e. The Hall–Kier alpha value is -1.56. The number of amides is 2. The second kappa shape index (κ2) is 4.52. The van der Waals surface area contributed by atoms with Crippen LogP contribution in [0.2, 0.25) is 0 Å². The molecular weight excluding hydrogens is 229 g/mol. The molecule has 0 fully saturated rings. The largest absolute Gasteiger partial charge is 0.350 e. The van der Waals surface area contributed by atoms with Crippen molar-refractivity contribution in [2.75, 3.05) is 5.75 Å². The molecule has 0 aromatic heterocycles. The molecule has 0 aliphatic carbocycles. The first-order chi connectivity index (χ1) is 7.66. The number of nitrogens with two attached hydrogens (primary N) is 1. The van der Waals surface area contributed by atoms with Crippen LogP contribution in [0.4, 0.5) is 9.18 Å².